The molecule has 0 radical (unpaired) electrons. The molecule has 1 fully saturated rings. The first-order chi connectivity index (χ1) is 7.53. The van der Waals surface area contributed by atoms with Gasteiger partial charge in [-0.2, -0.15) is 4.73 Å². The zero-order valence-electron chi connectivity index (χ0n) is 9.99. The zero-order chi connectivity index (χ0) is 11.8. The van der Waals surface area contributed by atoms with Crippen LogP contribution in [0.1, 0.15) is 50.3 Å². The highest BCUT2D eigenvalue weighted by Gasteiger charge is 2.32. The Morgan fingerprint density at radius 1 is 1.25 bits per heavy atom. The smallest absolute Gasteiger partial charge is 0.283 e. The molecule has 0 bridgehead atoms. The molecule has 0 unspecified atom stereocenters. The van der Waals surface area contributed by atoms with Crippen LogP contribution in [0.3, 0.4) is 0 Å². The minimum Gasteiger partial charge on any atom is -0.425 e. The van der Waals surface area contributed by atoms with Crippen LogP contribution in [0.2, 0.25) is 0 Å². The van der Waals surface area contributed by atoms with E-state index in [0.29, 0.717) is 0 Å². The number of hydrogen-bond acceptors (Lipinski definition) is 2. The van der Waals surface area contributed by atoms with E-state index in [2.05, 4.69) is 6.92 Å². The molecule has 1 aromatic heterocycles. The van der Waals surface area contributed by atoms with Crippen LogP contribution in [0.25, 0.3) is 0 Å². The molecule has 1 saturated carbocycles. The second-order valence-electron chi connectivity index (χ2n) is 5.19. The molecule has 16 heavy (non-hydrogen) atoms. The van der Waals surface area contributed by atoms with Gasteiger partial charge < -0.3 is 5.21 Å². The molecule has 0 spiro atoms. The summed E-state index contributed by atoms with van der Waals surface area (Å²) < 4.78 is 0.832. The average molecular weight is 221 g/mol. The van der Waals surface area contributed by atoms with E-state index >= 15 is 0 Å². The van der Waals surface area contributed by atoms with Crippen molar-refractivity contribution in [2.45, 2.75) is 51.4 Å². The summed E-state index contributed by atoms with van der Waals surface area (Å²) in [7, 11) is 0. The van der Waals surface area contributed by atoms with E-state index in [1.165, 1.54) is 25.3 Å². The highest BCUT2D eigenvalue weighted by atomic mass is 16.5. The first-order valence-electron chi connectivity index (χ1n) is 5.96. The molecule has 1 aliphatic rings. The maximum atomic E-state index is 11.6. The molecule has 3 nitrogen and oxygen atoms in total. The molecule has 1 heterocycles. The summed E-state index contributed by atoms with van der Waals surface area (Å²) in [4.78, 5) is 11.6. The second-order valence-corrected chi connectivity index (χ2v) is 5.19. The Bertz CT molecular complexity index is 442. The van der Waals surface area contributed by atoms with Crippen LogP contribution in [-0.4, -0.2) is 9.94 Å². The third kappa shape index (κ3) is 1.86. The summed E-state index contributed by atoms with van der Waals surface area (Å²) in [5.74, 6) is 0. The van der Waals surface area contributed by atoms with Gasteiger partial charge in [0.05, 0.1) is 5.69 Å². The number of hydrogen-bond donors (Lipinski definition) is 1. The highest BCUT2D eigenvalue weighted by Crippen LogP contribution is 2.38. The molecular formula is C13H19NO2. The largest absolute Gasteiger partial charge is 0.425 e. The lowest BCUT2D eigenvalue weighted by Crippen LogP contribution is -2.33. The standard InChI is InChI=1S/C13H19NO2/c1-10-8-11(14(16)12(15)9-10)13(2)6-4-3-5-7-13/h8-9,16H,3-7H2,1-2H3. The first kappa shape index (κ1) is 11.2. The third-order valence-corrected chi connectivity index (χ3v) is 3.73. The van der Waals surface area contributed by atoms with Gasteiger partial charge in [0.2, 0.25) is 0 Å². The fraction of sp³-hybridized carbons (Fsp3) is 0.615. The fourth-order valence-corrected chi connectivity index (χ4v) is 2.71. The Balaban J connectivity index is 2.50. The molecule has 3 heteroatoms. The Morgan fingerprint density at radius 2 is 1.88 bits per heavy atom. The van der Waals surface area contributed by atoms with Gasteiger partial charge in [-0.05, 0) is 31.4 Å². The van der Waals surface area contributed by atoms with Gasteiger partial charge in [-0.1, -0.05) is 26.2 Å². The molecule has 0 amide bonds. The zero-order valence-corrected chi connectivity index (χ0v) is 9.99. The van der Waals surface area contributed by atoms with E-state index in [1.807, 2.05) is 13.0 Å². The van der Waals surface area contributed by atoms with Crippen molar-refractivity contribution in [3.8, 4) is 0 Å². The van der Waals surface area contributed by atoms with Gasteiger partial charge in [0.1, 0.15) is 0 Å². The predicted molar refractivity (Wildman–Crippen MR) is 63.1 cm³/mol. The van der Waals surface area contributed by atoms with Crippen molar-refractivity contribution in [2.24, 2.45) is 0 Å². The van der Waals surface area contributed by atoms with Crippen molar-refractivity contribution >= 4 is 0 Å². The molecule has 88 valence electrons. The predicted octanol–water partition coefficient (Wildman–Crippen LogP) is 2.62. The van der Waals surface area contributed by atoms with E-state index < -0.39 is 0 Å². The van der Waals surface area contributed by atoms with Crippen molar-refractivity contribution in [1.29, 1.82) is 0 Å². The maximum Gasteiger partial charge on any atom is 0.283 e. The summed E-state index contributed by atoms with van der Waals surface area (Å²) >= 11 is 0. The van der Waals surface area contributed by atoms with Crippen LogP contribution in [0.4, 0.5) is 0 Å². The summed E-state index contributed by atoms with van der Waals surface area (Å²) in [6, 6.07) is 3.41. The van der Waals surface area contributed by atoms with Crippen LogP contribution in [0.15, 0.2) is 16.9 Å². The van der Waals surface area contributed by atoms with Gasteiger partial charge in [0, 0.05) is 11.5 Å². The molecule has 1 aliphatic carbocycles. The Labute approximate surface area is 95.7 Å². The summed E-state index contributed by atoms with van der Waals surface area (Å²) in [5, 5.41) is 9.84. The van der Waals surface area contributed by atoms with Crippen LogP contribution >= 0.6 is 0 Å². The van der Waals surface area contributed by atoms with Gasteiger partial charge in [-0.25, -0.2) is 0 Å². The molecule has 0 aromatic carbocycles. The summed E-state index contributed by atoms with van der Waals surface area (Å²) in [6.07, 6.45) is 5.72. The van der Waals surface area contributed by atoms with Gasteiger partial charge in [-0.15, -0.1) is 0 Å². The van der Waals surface area contributed by atoms with Crippen molar-refractivity contribution in [2.75, 3.05) is 0 Å². The lowest BCUT2D eigenvalue weighted by atomic mass is 9.73. The number of pyridine rings is 1. The maximum absolute atomic E-state index is 11.6. The normalized spacial score (nSPS) is 19.6. The Morgan fingerprint density at radius 3 is 2.50 bits per heavy atom. The van der Waals surface area contributed by atoms with Crippen LogP contribution in [0, 0.1) is 6.92 Å². The summed E-state index contributed by atoms with van der Waals surface area (Å²) in [5.41, 5.74) is 1.34. The molecule has 0 saturated heterocycles. The number of rotatable bonds is 1. The van der Waals surface area contributed by atoms with Crippen molar-refractivity contribution in [3.05, 3.63) is 33.7 Å². The van der Waals surface area contributed by atoms with Gasteiger partial charge >= 0.3 is 0 Å². The van der Waals surface area contributed by atoms with E-state index in [9.17, 15) is 10.0 Å². The van der Waals surface area contributed by atoms with E-state index in [4.69, 9.17) is 0 Å². The molecule has 1 aromatic rings. The Kier molecular flexibility index (Phi) is 2.78. The lowest BCUT2D eigenvalue weighted by molar-refractivity contribution is 0.140. The minimum atomic E-state index is -0.318. The van der Waals surface area contributed by atoms with Crippen molar-refractivity contribution in [1.82, 2.24) is 4.73 Å². The average Bonchev–Trinajstić information content (AvgIpc) is 2.24. The molecule has 0 aliphatic heterocycles. The fourth-order valence-electron chi connectivity index (χ4n) is 2.71. The van der Waals surface area contributed by atoms with Gasteiger partial charge in [0.25, 0.3) is 5.56 Å². The number of aryl methyl sites for hydroxylation is 1. The first-order valence-corrected chi connectivity index (χ1v) is 5.96. The lowest BCUT2D eigenvalue weighted by Gasteiger charge is -2.34. The Hall–Kier alpha value is -1.25. The highest BCUT2D eigenvalue weighted by molar-refractivity contribution is 5.23. The van der Waals surface area contributed by atoms with Gasteiger partial charge in [-0.3, -0.25) is 4.79 Å². The minimum absolute atomic E-state index is 0.0435. The van der Waals surface area contributed by atoms with Crippen molar-refractivity contribution in [3.63, 3.8) is 0 Å². The van der Waals surface area contributed by atoms with Crippen LogP contribution in [-0.2, 0) is 5.41 Å². The SMILES string of the molecule is Cc1cc(C2(C)CCCCC2)n(O)c(=O)c1. The third-order valence-electron chi connectivity index (χ3n) is 3.73. The van der Waals surface area contributed by atoms with Crippen molar-refractivity contribution < 1.29 is 5.21 Å². The van der Waals surface area contributed by atoms with Crippen LogP contribution in [0.5, 0.6) is 0 Å². The van der Waals surface area contributed by atoms with Crippen LogP contribution < -0.4 is 5.56 Å². The van der Waals surface area contributed by atoms with E-state index in [-0.39, 0.29) is 11.0 Å². The molecular weight excluding hydrogens is 202 g/mol. The van der Waals surface area contributed by atoms with E-state index in [1.54, 1.807) is 0 Å². The second kappa shape index (κ2) is 3.96. The topological polar surface area (TPSA) is 42.2 Å². The molecule has 0 atom stereocenters. The molecule has 2 rings (SSSR count). The molecule has 1 N–H and O–H groups in total. The quantitative estimate of drug-likeness (QED) is 0.741. The van der Waals surface area contributed by atoms with E-state index in [0.717, 1.165) is 28.8 Å². The number of nitrogens with zero attached hydrogens (tertiary/aromatic N) is 1. The number of aromatic nitrogens is 1. The van der Waals surface area contributed by atoms with Gasteiger partial charge in [0.15, 0.2) is 0 Å². The summed E-state index contributed by atoms with van der Waals surface area (Å²) in [6.45, 7) is 4.05. The monoisotopic (exact) mass is 221 g/mol.